The van der Waals surface area contributed by atoms with Gasteiger partial charge >= 0.3 is 0 Å². The van der Waals surface area contributed by atoms with Gasteiger partial charge in [0.1, 0.15) is 0 Å². The Balaban J connectivity index is 2.75. The van der Waals surface area contributed by atoms with Gasteiger partial charge in [0, 0.05) is 18.0 Å². The summed E-state index contributed by atoms with van der Waals surface area (Å²) in [5.74, 6) is -2.48. The Kier molecular flexibility index (Phi) is 2.68. The highest BCUT2D eigenvalue weighted by atomic mass is 19.3. The molecule has 1 heterocycles. The van der Waals surface area contributed by atoms with Crippen LogP contribution < -0.4 is 0 Å². The molecule has 0 aromatic carbocycles. The van der Waals surface area contributed by atoms with Crippen molar-refractivity contribution in [3.05, 3.63) is 0 Å². The molecule has 1 aliphatic heterocycles. The summed E-state index contributed by atoms with van der Waals surface area (Å²) in [4.78, 5) is 1.92. The molecule has 0 bridgehead atoms. The zero-order valence-corrected chi connectivity index (χ0v) is 8.90. The molecule has 0 aromatic heterocycles. The first-order valence-corrected chi connectivity index (χ1v) is 4.91. The number of hydrogen-bond acceptors (Lipinski definition) is 1. The van der Waals surface area contributed by atoms with Gasteiger partial charge < -0.3 is 0 Å². The Hall–Kier alpha value is -0.180. The lowest BCUT2D eigenvalue weighted by molar-refractivity contribution is 0.00135. The summed E-state index contributed by atoms with van der Waals surface area (Å²) in [6.45, 7) is 7.89. The number of hydrogen-bond donors (Lipinski definition) is 0. The smallest absolute Gasteiger partial charge is 0.262 e. The van der Waals surface area contributed by atoms with Crippen LogP contribution in [0.3, 0.4) is 0 Å². The summed E-state index contributed by atoms with van der Waals surface area (Å²) in [5.41, 5.74) is -0.138. The molecule has 1 nitrogen and oxygen atoms in total. The van der Waals surface area contributed by atoms with Gasteiger partial charge in [-0.2, -0.15) is 0 Å². The summed E-state index contributed by atoms with van der Waals surface area (Å²) >= 11 is 0. The van der Waals surface area contributed by atoms with Crippen LogP contribution in [0.2, 0.25) is 0 Å². The molecule has 3 heteroatoms. The molecule has 13 heavy (non-hydrogen) atoms. The Morgan fingerprint density at radius 3 is 2.23 bits per heavy atom. The van der Waals surface area contributed by atoms with Crippen LogP contribution in [0.15, 0.2) is 0 Å². The molecular weight excluding hydrogens is 172 g/mol. The zero-order valence-electron chi connectivity index (χ0n) is 8.90. The highest BCUT2D eigenvalue weighted by Crippen LogP contribution is 2.37. The maximum atomic E-state index is 13.1. The van der Waals surface area contributed by atoms with Crippen molar-refractivity contribution in [2.45, 2.75) is 58.0 Å². The molecule has 1 rings (SSSR count). The van der Waals surface area contributed by atoms with Crippen molar-refractivity contribution in [2.75, 3.05) is 6.54 Å². The normalized spacial score (nSPS) is 29.5. The molecule has 0 spiro atoms. The van der Waals surface area contributed by atoms with Crippen LogP contribution in [-0.4, -0.2) is 28.9 Å². The minimum absolute atomic E-state index is 0.0285. The Labute approximate surface area is 79.1 Å². The van der Waals surface area contributed by atoms with Crippen LogP contribution in [0.1, 0.15) is 40.5 Å². The Morgan fingerprint density at radius 1 is 1.38 bits per heavy atom. The molecule has 1 fully saturated rings. The molecule has 0 saturated carbocycles. The van der Waals surface area contributed by atoms with Crippen LogP contribution in [0.25, 0.3) is 0 Å². The fourth-order valence-corrected chi connectivity index (χ4v) is 2.05. The second-order valence-electron chi connectivity index (χ2n) is 4.92. The topological polar surface area (TPSA) is 3.24 Å². The van der Waals surface area contributed by atoms with Gasteiger partial charge in [-0.05, 0) is 27.2 Å². The third kappa shape index (κ3) is 2.39. The van der Waals surface area contributed by atoms with E-state index in [0.717, 1.165) is 6.42 Å². The fraction of sp³-hybridized carbons (Fsp3) is 1.00. The second-order valence-corrected chi connectivity index (χ2v) is 4.92. The van der Waals surface area contributed by atoms with Crippen LogP contribution in [-0.2, 0) is 0 Å². The van der Waals surface area contributed by atoms with E-state index in [2.05, 4.69) is 0 Å². The van der Waals surface area contributed by atoms with Gasteiger partial charge in [-0.15, -0.1) is 0 Å². The number of halogens is 2. The van der Waals surface area contributed by atoms with E-state index in [9.17, 15) is 8.78 Å². The molecular formula is C10H19F2N. The average Bonchev–Trinajstić information content (AvgIpc) is 2.24. The van der Waals surface area contributed by atoms with E-state index < -0.39 is 5.92 Å². The minimum atomic E-state index is -2.48. The van der Waals surface area contributed by atoms with Crippen LogP contribution in [0.5, 0.6) is 0 Å². The quantitative estimate of drug-likeness (QED) is 0.616. The molecule has 1 atom stereocenters. The van der Waals surface area contributed by atoms with E-state index in [-0.39, 0.29) is 24.5 Å². The first-order valence-electron chi connectivity index (χ1n) is 4.91. The molecule has 0 amide bonds. The number of likely N-dealkylation sites (tertiary alicyclic amines) is 1. The lowest BCUT2D eigenvalue weighted by Crippen LogP contribution is -2.45. The van der Waals surface area contributed by atoms with E-state index in [4.69, 9.17) is 0 Å². The van der Waals surface area contributed by atoms with Gasteiger partial charge in [0.2, 0.25) is 0 Å². The Bertz CT molecular complexity index is 184. The fourth-order valence-electron chi connectivity index (χ4n) is 2.05. The third-order valence-corrected chi connectivity index (χ3v) is 2.71. The third-order valence-electron chi connectivity index (χ3n) is 2.71. The largest absolute Gasteiger partial charge is 0.289 e. The first kappa shape index (κ1) is 10.9. The van der Waals surface area contributed by atoms with Crippen molar-refractivity contribution >= 4 is 0 Å². The average molecular weight is 191 g/mol. The molecule has 1 saturated heterocycles. The van der Waals surface area contributed by atoms with E-state index >= 15 is 0 Å². The van der Waals surface area contributed by atoms with E-state index in [1.807, 2.05) is 32.6 Å². The monoisotopic (exact) mass is 191 g/mol. The number of nitrogens with zero attached hydrogens (tertiary/aromatic N) is 1. The predicted octanol–water partition coefficient (Wildman–Crippen LogP) is 2.90. The zero-order chi connectivity index (χ0) is 10.3. The summed E-state index contributed by atoms with van der Waals surface area (Å²) < 4.78 is 26.2. The number of alkyl halides is 2. The predicted molar refractivity (Wildman–Crippen MR) is 50.1 cm³/mol. The van der Waals surface area contributed by atoms with Gasteiger partial charge in [0.05, 0.1) is 6.54 Å². The summed E-state index contributed by atoms with van der Waals surface area (Å²) in [6, 6.07) is 0.0509. The molecule has 78 valence electrons. The molecule has 0 unspecified atom stereocenters. The molecule has 0 N–H and O–H groups in total. The summed E-state index contributed by atoms with van der Waals surface area (Å²) in [7, 11) is 0. The second kappa shape index (κ2) is 3.19. The van der Waals surface area contributed by atoms with Crippen LogP contribution in [0, 0.1) is 0 Å². The maximum absolute atomic E-state index is 13.1. The molecule has 0 radical (unpaired) electrons. The van der Waals surface area contributed by atoms with Crippen molar-refractivity contribution in [3.8, 4) is 0 Å². The molecule has 0 aromatic rings. The first-order chi connectivity index (χ1) is 5.76. The summed E-state index contributed by atoms with van der Waals surface area (Å²) in [5, 5.41) is 0. The van der Waals surface area contributed by atoms with Crippen molar-refractivity contribution < 1.29 is 8.78 Å². The Morgan fingerprint density at radius 2 is 1.92 bits per heavy atom. The highest BCUT2D eigenvalue weighted by molar-refractivity contribution is 4.95. The van der Waals surface area contributed by atoms with Gasteiger partial charge in [-0.1, -0.05) is 6.92 Å². The number of rotatable bonds is 1. The van der Waals surface area contributed by atoms with Crippen molar-refractivity contribution in [1.29, 1.82) is 0 Å². The summed E-state index contributed by atoms with van der Waals surface area (Å²) in [6.07, 6.45) is 0.841. The molecule has 1 aliphatic rings. The van der Waals surface area contributed by atoms with Gasteiger partial charge in [-0.25, -0.2) is 8.78 Å². The van der Waals surface area contributed by atoms with E-state index in [1.165, 1.54) is 0 Å². The van der Waals surface area contributed by atoms with E-state index in [0.29, 0.717) is 0 Å². The van der Waals surface area contributed by atoms with Crippen LogP contribution in [0.4, 0.5) is 8.78 Å². The van der Waals surface area contributed by atoms with Gasteiger partial charge in [0.25, 0.3) is 5.92 Å². The minimum Gasteiger partial charge on any atom is -0.289 e. The van der Waals surface area contributed by atoms with Crippen molar-refractivity contribution in [3.63, 3.8) is 0 Å². The maximum Gasteiger partial charge on any atom is 0.262 e. The lowest BCUT2D eigenvalue weighted by Gasteiger charge is -2.36. The van der Waals surface area contributed by atoms with E-state index in [1.54, 1.807) is 0 Å². The molecule has 0 aliphatic carbocycles. The lowest BCUT2D eigenvalue weighted by atomic mass is 10.0. The standard InChI is InChI=1S/C10H19F2N/c1-5-8-6-10(11,12)7-13(8)9(2,3)4/h8H,5-7H2,1-4H3/t8-/m1/s1. The van der Waals surface area contributed by atoms with Crippen LogP contribution >= 0.6 is 0 Å². The van der Waals surface area contributed by atoms with Gasteiger partial charge in [-0.3, -0.25) is 4.90 Å². The highest BCUT2D eigenvalue weighted by Gasteiger charge is 2.47. The SMILES string of the molecule is CC[C@@H]1CC(F)(F)CN1C(C)(C)C. The van der Waals surface area contributed by atoms with Crippen molar-refractivity contribution in [1.82, 2.24) is 4.90 Å². The van der Waals surface area contributed by atoms with Gasteiger partial charge in [0.15, 0.2) is 0 Å². The van der Waals surface area contributed by atoms with Crippen molar-refractivity contribution in [2.24, 2.45) is 0 Å².